The summed E-state index contributed by atoms with van der Waals surface area (Å²) in [5.74, 6) is -0.609. The van der Waals surface area contributed by atoms with E-state index in [1.165, 1.54) is 18.2 Å². The van der Waals surface area contributed by atoms with Crippen LogP contribution in [0.2, 0.25) is 0 Å². The molecule has 28 heavy (non-hydrogen) atoms. The zero-order valence-corrected chi connectivity index (χ0v) is 14.9. The highest BCUT2D eigenvalue weighted by atomic mass is 16.7. The minimum atomic E-state index is -1.59. The third-order valence-electron chi connectivity index (χ3n) is 4.02. The van der Waals surface area contributed by atoms with Crippen molar-refractivity contribution in [2.75, 3.05) is 19.8 Å². The number of carbonyl (C=O) groups excluding carboxylic acids is 1. The Morgan fingerprint density at radius 3 is 2.43 bits per heavy atom. The minimum absolute atomic E-state index is 0.0993. The third-order valence-corrected chi connectivity index (χ3v) is 4.02. The summed E-state index contributed by atoms with van der Waals surface area (Å²) in [7, 11) is 0. The monoisotopic (exact) mass is 400 g/mol. The second-order valence-corrected chi connectivity index (χ2v) is 6.24. The molecule has 6 N–H and O–H groups in total. The number of benzene rings is 1. The second kappa shape index (κ2) is 10.5. The maximum absolute atomic E-state index is 11.6. The van der Waals surface area contributed by atoms with Crippen molar-refractivity contribution >= 4 is 12.0 Å². The number of ether oxygens (including phenoxy) is 3. The normalized spacial score (nSPS) is 29.0. The van der Waals surface area contributed by atoms with Gasteiger partial charge in [0.1, 0.15) is 42.9 Å². The van der Waals surface area contributed by atoms with Gasteiger partial charge in [0.2, 0.25) is 0 Å². The predicted molar refractivity (Wildman–Crippen MR) is 93.8 cm³/mol. The molecule has 6 atom stereocenters. The number of aliphatic hydroxyl groups is 5. The van der Waals surface area contributed by atoms with Crippen LogP contribution in [0, 0.1) is 0 Å². The molecule has 0 saturated carbocycles. The predicted octanol–water partition coefficient (Wildman–Crippen LogP) is -1.87. The Kier molecular flexibility index (Phi) is 8.33. The lowest BCUT2D eigenvalue weighted by Gasteiger charge is -2.39. The molecular weight excluding hydrogens is 376 g/mol. The third kappa shape index (κ3) is 6.24. The van der Waals surface area contributed by atoms with Crippen molar-refractivity contribution in [3.8, 4) is 5.75 Å². The summed E-state index contributed by atoms with van der Waals surface area (Å²) in [4.78, 5) is 11.6. The fraction of sp³-hybridized carbons (Fsp3) is 0.500. The molecule has 156 valence electrons. The summed E-state index contributed by atoms with van der Waals surface area (Å²) in [6.07, 6.45) is -5.80. The SMILES string of the molecule is O=C(/C=C/c1ccc(O)cc1)OC[C@@H](O)CO[C@@H]1OC(CO)[C@H](O)[C@H](O)C1O. The molecule has 1 heterocycles. The van der Waals surface area contributed by atoms with Gasteiger partial charge in [-0.1, -0.05) is 12.1 Å². The van der Waals surface area contributed by atoms with E-state index in [0.717, 1.165) is 6.08 Å². The molecule has 10 nitrogen and oxygen atoms in total. The van der Waals surface area contributed by atoms with Crippen LogP contribution in [0.15, 0.2) is 30.3 Å². The van der Waals surface area contributed by atoms with Crippen molar-refractivity contribution in [3.05, 3.63) is 35.9 Å². The zero-order chi connectivity index (χ0) is 20.7. The van der Waals surface area contributed by atoms with Crippen molar-refractivity contribution in [2.24, 2.45) is 0 Å². The molecule has 2 rings (SSSR count). The van der Waals surface area contributed by atoms with Crippen LogP contribution in [-0.4, -0.2) is 93.2 Å². The molecule has 1 saturated heterocycles. The first-order chi connectivity index (χ1) is 13.3. The van der Waals surface area contributed by atoms with Crippen molar-refractivity contribution in [1.29, 1.82) is 0 Å². The van der Waals surface area contributed by atoms with E-state index in [9.17, 15) is 30.3 Å². The van der Waals surface area contributed by atoms with Crippen LogP contribution in [0.25, 0.3) is 6.08 Å². The summed E-state index contributed by atoms with van der Waals surface area (Å²) in [5.41, 5.74) is 0.668. The smallest absolute Gasteiger partial charge is 0.330 e. The van der Waals surface area contributed by atoms with Gasteiger partial charge in [0.05, 0.1) is 13.2 Å². The van der Waals surface area contributed by atoms with Crippen molar-refractivity contribution in [2.45, 2.75) is 36.8 Å². The number of phenolic OH excluding ortho intramolecular Hbond substituents is 1. The number of hydrogen-bond acceptors (Lipinski definition) is 10. The van der Waals surface area contributed by atoms with Gasteiger partial charge >= 0.3 is 5.97 Å². The highest BCUT2D eigenvalue weighted by molar-refractivity contribution is 5.87. The van der Waals surface area contributed by atoms with Gasteiger partial charge in [0.25, 0.3) is 0 Å². The van der Waals surface area contributed by atoms with Gasteiger partial charge in [-0.2, -0.15) is 0 Å². The first kappa shape index (κ1) is 22.2. The Balaban J connectivity index is 1.73. The van der Waals surface area contributed by atoms with Crippen LogP contribution < -0.4 is 0 Å². The Morgan fingerprint density at radius 2 is 1.79 bits per heavy atom. The van der Waals surface area contributed by atoms with Gasteiger partial charge in [-0.05, 0) is 23.8 Å². The van der Waals surface area contributed by atoms with Crippen LogP contribution in [-0.2, 0) is 19.0 Å². The molecule has 0 radical (unpaired) electrons. The fourth-order valence-electron chi connectivity index (χ4n) is 2.44. The molecular formula is C18H24O10. The molecule has 1 aliphatic rings. The first-order valence-electron chi connectivity index (χ1n) is 8.56. The standard InChI is InChI=1S/C18H24O10/c19-7-13-15(23)16(24)17(25)18(28-13)27-9-12(21)8-26-14(22)6-3-10-1-4-11(20)5-2-10/h1-6,12-13,15-21,23-25H,7-9H2/b6-3+/t12-,13?,15+,16+,17?,18-/m1/s1. The van der Waals surface area contributed by atoms with E-state index in [-0.39, 0.29) is 5.75 Å². The van der Waals surface area contributed by atoms with Gasteiger partial charge in [0, 0.05) is 6.08 Å². The number of carbonyl (C=O) groups is 1. The molecule has 1 fully saturated rings. The maximum atomic E-state index is 11.6. The topological polar surface area (TPSA) is 166 Å². The maximum Gasteiger partial charge on any atom is 0.330 e. The van der Waals surface area contributed by atoms with Gasteiger partial charge in [-0.3, -0.25) is 0 Å². The van der Waals surface area contributed by atoms with Crippen molar-refractivity contribution in [1.82, 2.24) is 0 Å². The number of esters is 1. The summed E-state index contributed by atoms with van der Waals surface area (Å²) >= 11 is 0. The Hall–Kier alpha value is -2.05. The number of aliphatic hydroxyl groups excluding tert-OH is 5. The van der Waals surface area contributed by atoms with Gasteiger partial charge in [-0.25, -0.2) is 4.79 Å². The number of hydrogen-bond donors (Lipinski definition) is 6. The molecule has 0 bridgehead atoms. The van der Waals surface area contributed by atoms with E-state index in [1.54, 1.807) is 12.1 Å². The Labute approximate surface area is 160 Å². The van der Waals surface area contributed by atoms with Crippen LogP contribution in [0.1, 0.15) is 5.56 Å². The molecule has 0 spiro atoms. The van der Waals surface area contributed by atoms with Gasteiger partial charge in [0.15, 0.2) is 6.29 Å². The summed E-state index contributed by atoms with van der Waals surface area (Å²) < 4.78 is 15.1. The molecule has 0 amide bonds. The van der Waals surface area contributed by atoms with E-state index in [2.05, 4.69) is 0 Å². The molecule has 0 aromatic heterocycles. The summed E-state index contributed by atoms with van der Waals surface area (Å²) in [6, 6.07) is 6.13. The minimum Gasteiger partial charge on any atom is -0.508 e. The number of aromatic hydroxyl groups is 1. The average molecular weight is 400 g/mol. The molecule has 0 aliphatic carbocycles. The zero-order valence-electron chi connectivity index (χ0n) is 14.9. The van der Waals surface area contributed by atoms with E-state index >= 15 is 0 Å². The molecule has 10 heteroatoms. The van der Waals surface area contributed by atoms with E-state index in [4.69, 9.17) is 19.3 Å². The quantitative estimate of drug-likeness (QED) is 0.215. The second-order valence-electron chi connectivity index (χ2n) is 6.24. The lowest BCUT2D eigenvalue weighted by Crippen LogP contribution is -2.59. The Morgan fingerprint density at radius 1 is 1.11 bits per heavy atom. The number of phenols is 1. The molecule has 1 aromatic carbocycles. The van der Waals surface area contributed by atoms with Crippen LogP contribution >= 0.6 is 0 Å². The average Bonchev–Trinajstić information content (AvgIpc) is 2.69. The largest absolute Gasteiger partial charge is 0.508 e. The molecule has 1 aromatic rings. The van der Waals surface area contributed by atoms with Crippen LogP contribution in [0.3, 0.4) is 0 Å². The van der Waals surface area contributed by atoms with E-state index in [1.807, 2.05) is 0 Å². The van der Waals surface area contributed by atoms with E-state index in [0.29, 0.717) is 5.56 Å². The molecule has 2 unspecified atom stereocenters. The van der Waals surface area contributed by atoms with Gasteiger partial charge < -0.3 is 44.8 Å². The summed E-state index contributed by atoms with van der Waals surface area (Å²) in [5, 5.41) is 57.2. The highest BCUT2D eigenvalue weighted by Gasteiger charge is 2.44. The lowest BCUT2D eigenvalue weighted by molar-refractivity contribution is -0.304. The Bertz CT molecular complexity index is 644. The van der Waals surface area contributed by atoms with Crippen LogP contribution in [0.5, 0.6) is 5.75 Å². The van der Waals surface area contributed by atoms with Crippen molar-refractivity contribution < 1.29 is 49.6 Å². The fourth-order valence-corrected chi connectivity index (χ4v) is 2.44. The summed E-state index contributed by atoms with van der Waals surface area (Å²) in [6.45, 7) is -1.38. The first-order valence-corrected chi connectivity index (χ1v) is 8.56. The van der Waals surface area contributed by atoms with Crippen molar-refractivity contribution in [3.63, 3.8) is 0 Å². The van der Waals surface area contributed by atoms with Gasteiger partial charge in [-0.15, -0.1) is 0 Å². The van der Waals surface area contributed by atoms with E-state index < -0.39 is 62.6 Å². The van der Waals surface area contributed by atoms with Crippen LogP contribution in [0.4, 0.5) is 0 Å². The highest BCUT2D eigenvalue weighted by Crippen LogP contribution is 2.22. The number of rotatable bonds is 8. The lowest BCUT2D eigenvalue weighted by atomic mass is 9.99. The molecule has 1 aliphatic heterocycles.